The summed E-state index contributed by atoms with van der Waals surface area (Å²) in [6.07, 6.45) is 2.71. The first kappa shape index (κ1) is 38.1. The van der Waals surface area contributed by atoms with Crippen LogP contribution in [0.1, 0.15) is 25.0 Å². The van der Waals surface area contributed by atoms with Crippen LogP contribution >= 0.6 is 0 Å². The SMILES string of the molecule is CC1=CC(=O)N(c2ccc3c(c2)CN(c2ccc(Oc4ccc(Oc5ccc(N6COc7ccc(N8C(=O)C=C(C)C8=O)cc7C6)cc5)c(-c5ccccc5)c4)cc2)CO3)C1=O. The number of hydrogen-bond donors (Lipinski definition) is 0. The van der Waals surface area contributed by atoms with Crippen molar-refractivity contribution in [2.24, 2.45) is 0 Å². The van der Waals surface area contributed by atoms with E-state index in [0.717, 1.165) is 33.6 Å². The zero-order valence-electron chi connectivity index (χ0n) is 33.7. The van der Waals surface area contributed by atoms with Crippen LogP contribution in [0.2, 0.25) is 0 Å². The Hall–Kier alpha value is -8.12. The van der Waals surface area contributed by atoms with Crippen molar-refractivity contribution >= 4 is 46.4 Å². The van der Waals surface area contributed by atoms with Crippen molar-refractivity contribution < 1.29 is 38.1 Å². The van der Waals surface area contributed by atoms with Gasteiger partial charge in [-0.1, -0.05) is 30.3 Å². The lowest BCUT2D eigenvalue weighted by molar-refractivity contribution is -0.121. The van der Waals surface area contributed by atoms with Gasteiger partial charge in [0.1, 0.15) is 34.5 Å². The number of carbonyl (C=O) groups excluding carboxylic acids is 4. The second kappa shape index (κ2) is 15.5. The third-order valence-corrected chi connectivity index (χ3v) is 11.2. The molecule has 62 heavy (non-hydrogen) atoms. The third-order valence-electron chi connectivity index (χ3n) is 11.2. The number of benzene rings is 6. The largest absolute Gasteiger partial charge is 0.473 e. The molecular weight excluding hydrogens is 785 g/mol. The maximum absolute atomic E-state index is 12.6. The monoisotopic (exact) mass is 822 g/mol. The van der Waals surface area contributed by atoms with Crippen molar-refractivity contribution in [1.82, 2.24) is 0 Å². The molecule has 0 fully saturated rings. The van der Waals surface area contributed by atoms with Gasteiger partial charge in [0.25, 0.3) is 23.6 Å². The number of anilines is 4. The Balaban J connectivity index is 0.818. The first-order valence-corrected chi connectivity index (χ1v) is 20.1. The van der Waals surface area contributed by atoms with Crippen LogP contribution in [-0.2, 0) is 32.3 Å². The first-order valence-electron chi connectivity index (χ1n) is 20.1. The lowest BCUT2D eigenvalue weighted by Gasteiger charge is -2.31. The molecule has 4 aliphatic rings. The molecule has 0 aromatic heterocycles. The molecule has 306 valence electrons. The molecule has 0 saturated carbocycles. The van der Waals surface area contributed by atoms with E-state index in [1.807, 2.05) is 109 Å². The number of nitrogens with zero attached hydrogens (tertiary/aromatic N) is 4. The highest BCUT2D eigenvalue weighted by atomic mass is 16.5. The van der Waals surface area contributed by atoms with Gasteiger partial charge in [-0.25, -0.2) is 9.80 Å². The maximum Gasteiger partial charge on any atom is 0.261 e. The van der Waals surface area contributed by atoms with Crippen molar-refractivity contribution in [3.05, 3.63) is 168 Å². The zero-order chi connectivity index (χ0) is 42.5. The Labute approximate surface area is 357 Å². The van der Waals surface area contributed by atoms with E-state index in [0.29, 0.717) is 83.6 Å². The molecule has 0 spiro atoms. The van der Waals surface area contributed by atoms with E-state index in [9.17, 15) is 19.2 Å². The van der Waals surface area contributed by atoms with E-state index in [1.165, 1.54) is 22.0 Å². The Morgan fingerprint density at radius 3 is 1.44 bits per heavy atom. The molecule has 4 amide bonds. The second-order valence-corrected chi connectivity index (χ2v) is 15.4. The quantitative estimate of drug-likeness (QED) is 0.131. The molecule has 0 bridgehead atoms. The molecule has 0 unspecified atom stereocenters. The smallest absolute Gasteiger partial charge is 0.261 e. The van der Waals surface area contributed by atoms with Crippen molar-refractivity contribution in [3.8, 4) is 45.6 Å². The minimum Gasteiger partial charge on any atom is -0.473 e. The minimum absolute atomic E-state index is 0.316. The molecule has 10 rings (SSSR count). The summed E-state index contributed by atoms with van der Waals surface area (Å²) < 4.78 is 25.0. The average molecular weight is 823 g/mol. The molecule has 12 heteroatoms. The number of fused-ring (bicyclic) bond motifs is 2. The summed E-state index contributed by atoms with van der Waals surface area (Å²) in [5.74, 6) is 2.70. The summed E-state index contributed by atoms with van der Waals surface area (Å²) in [5.41, 5.74) is 7.26. The molecule has 12 nitrogen and oxygen atoms in total. The van der Waals surface area contributed by atoms with Crippen LogP contribution in [0.25, 0.3) is 11.1 Å². The fourth-order valence-corrected chi connectivity index (χ4v) is 7.95. The van der Waals surface area contributed by atoms with Crippen molar-refractivity contribution in [1.29, 1.82) is 0 Å². The van der Waals surface area contributed by atoms with Gasteiger partial charge in [-0.15, -0.1) is 0 Å². The number of carbonyl (C=O) groups is 4. The lowest BCUT2D eigenvalue weighted by atomic mass is 10.0. The van der Waals surface area contributed by atoms with Gasteiger partial charge in [-0.2, -0.15) is 0 Å². The van der Waals surface area contributed by atoms with E-state index in [2.05, 4.69) is 9.80 Å². The number of rotatable bonds is 9. The highest BCUT2D eigenvalue weighted by Gasteiger charge is 2.32. The highest BCUT2D eigenvalue weighted by Crippen LogP contribution is 2.40. The Kier molecular flexibility index (Phi) is 9.52. The highest BCUT2D eigenvalue weighted by molar-refractivity contribution is 6.31. The topological polar surface area (TPSA) is 118 Å². The molecule has 0 saturated heterocycles. The fraction of sp³-hybridized carbons (Fsp3) is 0.120. The predicted octanol–water partition coefficient (Wildman–Crippen LogP) is 9.29. The summed E-state index contributed by atoms with van der Waals surface area (Å²) in [7, 11) is 0. The number of imide groups is 2. The molecule has 0 radical (unpaired) electrons. The summed E-state index contributed by atoms with van der Waals surface area (Å²) in [5, 5.41) is 0. The van der Waals surface area contributed by atoms with Crippen molar-refractivity contribution in [3.63, 3.8) is 0 Å². The third kappa shape index (κ3) is 7.17. The van der Waals surface area contributed by atoms with Gasteiger partial charge in [-0.05, 0) is 123 Å². The Morgan fingerprint density at radius 1 is 0.484 bits per heavy atom. The molecule has 0 atom stereocenters. The van der Waals surface area contributed by atoms with E-state index >= 15 is 0 Å². The van der Waals surface area contributed by atoms with Crippen LogP contribution in [0.15, 0.2) is 157 Å². The number of ether oxygens (including phenoxy) is 4. The van der Waals surface area contributed by atoms with Gasteiger partial charge in [0.2, 0.25) is 0 Å². The zero-order valence-corrected chi connectivity index (χ0v) is 33.7. The Bertz CT molecular complexity index is 2870. The minimum atomic E-state index is -0.346. The van der Waals surface area contributed by atoms with Gasteiger partial charge in [0, 0.05) is 64.5 Å². The summed E-state index contributed by atoms with van der Waals surface area (Å²) in [4.78, 5) is 56.7. The Morgan fingerprint density at radius 2 is 0.952 bits per heavy atom. The summed E-state index contributed by atoms with van der Waals surface area (Å²) in [6.45, 7) is 5.02. The molecular formula is C50H38N4O8. The molecule has 4 heterocycles. The van der Waals surface area contributed by atoms with E-state index in [4.69, 9.17) is 18.9 Å². The van der Waals surface area contributed by atoms with Gasteiger partial charge in [0.15, 0.2) is 13.5 Å². The second-order valence-electron chi connectivity index (χ2n) is 15.4. The summed E-state index contributed by atoms with van der Waals surface area (Å²) in [6, 6.07) is 42.0. The van der Waals surface area contributed by atoms with Crippen LogP contribution < -0.4 is 38.5 Å². The summed E-state index contributed by atoms with van der Waals surface area (Å²) >= 11 is 0. The molecule has 0 aliphatic carbocycles. The van der Waals surface area contributed by atoms with Crippen LogP contribution in [0.3, 0.4) is 0 Å². The van der Waals surface area contributed by atoms with Crippen LogP contribution in [0.5, 0.6) is 34.5 Å². The standard InChI is InChI=1S/C50H38N4O8/c1-31-22-47(55)53(49(31)57)38-12-19-44-34(24-38)27-51(29-59-44)36-8-14-40(15-9-36)61-42-18-21-46(43(26-42)33-6-4-3-5-7-33)62-41-16-10-37(11-17-41)52-28-35-25-39(13-20-45(35)60-30-52)54-48(56)23-32(2)50(54)58/h3-26H,27-30H2,1-2H3. The van der Waals surface area contributed by atoms with Gasteiger partial charge in [-0.3, -0.25) is 19.2 Å². The van der Waals surface area contributed by atoms with E-state index in [-0.39, 0.29) is 23.6 Å². The average Bonchev–Trinajstić information content (AvgIpc) is 3.71. The molecule has 0 N–H and O–H groups in total. The predicted molar refractivity (Wildman–Crippen MR) is 234 cm³/mol. The van der Waals surface area contributed by atoms with Crippen LogP contribution in [-0.4, -0.2) is 37.1 Å². The normalized spacial score (nSPS) is 15.8. The van der Waals surface area contributed by atoms with Gasteiger partial charge in [0.05, 0.1) is 11.4 Å². The first-order chi connectivity index (χ1) is 30.1. The van der Waals surface area contributed by atoms with Crippen molar-refractivity contribution in [2.75, 3.05) is 33.1 Å². The van der Waals surface area contributed by atoms with Gasteiger partial charge >= 0.3 is 0 Å². The molecule has 4 aliphatic heterocycles. The van der Waals surface area contributed by atoms with Crippen LogP contribution in [0.4, 0.5) is 22.7 Å². The fourth-order valence-electron chi connectivity index (χ4n) is 7.95. The number of amides is 4. The van der Waals surface area contributed by atoms with Crippen LogP contribution in [0, 0.1) is 0 Å². The van der Waals surface area contributed by atoms with E-state index in [1.54, 1.807) is 38.1 Å². The molecule has 6 aromatic rings. The number of hydrogen-bond acceptors (Lipinski definition) is 10. The van der Waals surface area contributed by atoms with E-state index < -0.39 is 0 Å². The lowest BCUT2D eigenvalue weighted by Crippen LogP contribution is -2.33. The van der Waals surface area contributed by atoms with Gasteiger partial charge < -0.3 is 28.7 Å². The molecule has 6 aromatic carbocycles. The van der Waals surface area contributed by atoms with Crippen molar-refractivity contribution in [2.45, 2.75) is 26.9 Å². The maximum atomic E-state index is 12.6.